The third-order valence-electron chi connectivity index (χ3n) is 6.01. The van der Waals surface area contributed by atoms with E-state index >= 15 is 0 Å². The van der Waals surface area contributed by atoms with Gasteiger partial charge in [0.2, 0.25) is 16.0 Å². The summed E-state index contributed by atoms with van der Waals surface area (Å²) >= 11 is 0. The van der Waals surface area contributed by atoms with Crippen LogP contribution in [0.25, 0.3) is 11.0 Å². The van der Waals surface area contributed by atoms with Crippen LogP contribution in [0.4, 0.5) is 23.1 Å². The average Bonchev–Trinajstić information content (AvgIpc) is 2.81. The Hall–Kier alpha value is -3.05. The summed E-state index contributed by atoms with van der Waals surface area (Å²) in [7, 11) is -1.35. The van der Waals surface area contributed by atoms with Crippen molar-refractivity contribution in [2.45, 2.75) is 32.4 Å². The Morgan fingerprint density at radius 2 is 1.88 bits per heavy atom. The van der Waals surface area contributed by atoms with Crippen LogP contribution in [0.5, 0.6) is 0 Å². The minimum absolute atomic E-state index is 0.481. The first-order chi connectivity index (χ1) is 15.8. The van der Waals surface area contributed by atoms with E-state index in [9.17, 15) is 8.42 Å². The molecule has 1 aliphatic heterocycles. The number of sulfonamides is 1. The number of piperazine rings is 1. The molecule has 33 heavy (non-hydrogen) atoms. The van der Waals surface area contributed by atoms with Crippen molar-refractivity contribution in [3.8, 4) is 0 Å². The number of nitrogens with zero attached hydrogens (tertiary/aromatic N) is 6. The van der Waals surface area contributed by atoms with Crippen molar-refractivity contribution in [3.63, 3.8) is 0 Å². The molecule has 4 rings (SSSR count). The Morgan fingerprint density at radius 3 is 2.61 bits per heavy atom. The number of likely N-dealkylation sites (N-methyl/N-ethyl adjacent to an activating group) is 1. The molecule has 176 valence electrons. The summed E-state index contributed by atoms with van der Waals surface area (Å²) in [6, 6.07) is 5.39. The summed E-state index contributed by atoms with van der Waals surface area (Å²) in [6.07, 6.45) is 3.72. The molecule has 1 saturated heterocycles. The van der Waals surface area contributed by atoms with Gasteiger partial charge >= 0.3 is 0 Å². The summed E-state index contributed by atoms with van der Waals surface area (Å²) in [5, 5.41) is 2.84. The van der Waals surface area contributed by atoms with Crippen LogP contribution in [0.3, 0.4) is 0 Å². The average molecular weight is 471 g/mol. The predicted molar refractivity (Wildman–Crippen MR) is 132 cm³/mol. The molecule has 1 aromatic carbocycles. The first-order valence-corrected chi connectivity index (χ1v) is 12.6. The lowest BCUT2D eigenvalue weighted by Gasteiger charge is -2.32. The van der Waals surface area contributed by atoms with Crippen LogP contribution in [0.2, 0.25) is 0 Å². The SMILES string of the molecule is CCC(C)S(=O)(=O)Nc1ccc(C)c(Nc2ncnc3cnc(N4CCN(C)CC4)nc23)c1. The Bertz CT molecular complexity index is 1240. The zero-order valence-electron chi connectivity index (χ0n) is 19.4. The van der Waals surface area contributed by atoms with Crippen molar-refractivity contribution in [1.82, 2.24) is 24.8 Å². The van der Waals surface area contributed by atoms with E-state index in [0.29, 0.717) is 34.9 Å². The molecule has 0 aliphatic carbocycles. The van der Waals surface area contributed by atoms with E-state index in [2.05, 4.69) is 41.8 Å². The lowest BCUT2D eigenvalue weighted by Crippen LogP contribution is -2.45. The van der Waals surface area contributed by atoms with Gasteiger partial charge in [-0.1, -0.05) is 13.0 Å². The van der Waals surface area contributed by atoms with Crippen molar-refractivity contribution in [1.29, 1.82) is 0 Å². The standard InChI is InChI=1S/C22H30N8O2S/c1-5-16(3)33(31,32)28-17-7-6-15(2)18(12-17)26-21-20-19(24-14-25-21)13-23-22(27-20)30-10-8-29(4)9-11-30/h6-7,12-14,16,28H,5,8-11H2,1-4H3,(H,24,25,26). The van der Waals surface area contributed by atoms with Crippen LogP contribution in [0.1, 0.15) is 25.8 Å². The molecule has 3 heterocycles. The highest BCUT2D eigenvalue weighted by molar-refractivity contribution is 7.93. The van der Waals surface area contributed by atoms with Crippen molar-refractivity contribution in [2.75, 3.05) is 48.2 Å². The molecular weight excluding hydrogens is 440 g/mol. The minimum Gasteiger partial charge on any atom is -0.338 e. The Labute approximate surface area is 194 Å². The first-order valence-electron chi connectivity index (χ1n) is 11.1. The van der Waals surface area contributed by atoms with E-state index in [4.69, 9.17) is 4.98 Å². The number of benzene rings is 1. The van der Waals surface area contributed by atoms with E-state index in [1.54, 1.807) is 25.3 Å². The number of fused-ring (bicyclic) bond motifs is 1. The van der Waals surface area contributed by atoms with E-state index in [0.717, 1.165) is 37.4 Å². The van der Waals surface area contributed by atoms with Crippen molar-refractivity contribution < 1.29 is 8.42 Å². The lowest BCUT2D eigenvalue weighted by molar-refractivity contribution is 0.311. The van der Waals surface area contributed by atoms with Gasteiger partial charge in [0.25, 0.3) is 0 Å². The van der Waals surface area contributed by atoms with Crippen LogP contribution >= 0.6 is 0 Å². The van der Waals surface area contributed by atoms with Crippen LogP contribution in [-0.4, -0.2) is 71.7 Å². The highest BCUT2D eigenvalue weighted by atomic mass is 32.2. The third-order valence-corrected chi connectivity index (χ3v) is 7.92. The minimum atomic E-state index is -3.46. The Morgan fingerprint density at radius 1 is 1.12 bits per heavy atom. The molecule has 1 aliphatic rings. The zero-order valence-corrected chi connectivity index (χ0v) is 20.2. The fourth-order valence-corrected chi connectivity index (χ4v) is 4.62. The van der Waals surface area contributed by atoms with Gasteiger partial charge in [-0.25, -0.2) is 28.4 Å². The second-order valence-electron chi connectivity index (χ2n) is 8.44. The van der Waals surface area contributed by atoms with Crippen LogP contribution in [0, 0.1) is 6.92 Å². The van der Waals surface area contributed by atoms with Gasteiger partial charge in [-0.2, -0.15) is 0 Å². The molecule has 1 unspecified atom stereocenters. The fraction of sp³-hybridized carbons (Fsp3) is 0.455. The summed E-state index contributed by atoms with van der Waals surface area (Å²) in [4.78, 5) is 22.4. The molecule has 11 heteroatoms. The van der Waals surface area contributed by atoms with E-state index < -0.39 is 15.3 Å². The van der Waals surface area contributed by atoms with Gasteiger partial charge < -0.3 is 15.1 Å². The molecule has 0 bridgehead atoms. The Kier molecular flexibility index (Phi) is 6.61. The van der Waals surface area contributed by atoms with Crippen LogP contribution < -0.4 is 14.9 Å². The van der Waals surface area contributed by atoms with E-state index in [1.165, 1.54) is 6.33 Å². The number of anilines is 4. The molecule has 3 aromatic rings. The number of hydrogen-bond donors (Lipinski definition) is 2. The van der Waals surface area contributed by atoms with E-state index in [-0.39, 0.29) is 0 Å². The molecule has 0 amide bonds. The molecule has 1 atom stereocenters. The maximum Gasteiger partial charge on any atom is 0.235 e. The van der Waals surface area contributed by atoms with Gasteiger partial charge in [0, 0.05) is 31.9 Å². The normalized spacial score (nSPS) is 16.1. The van der Waals surface area contributed by atoms with E-state index in [1.807, 2.05) is 19.9 Å². The number of aryl methyl sites for hydroxylation is 1. The maximum atomic E-state index is 12.5. The molecule has 1 fully saturated rings. The molecule has 0 spiro atoms. The molecular formula is C22H30N8O2S. The topological polar surface area (TPSA) is 116 Å². The smallest absolute Gasteiger partial charge is 0.235 e. The molecule has 10 nitrogen and oxygen atoms in total. The second kappa shape index (κ2) is 9.44. The third kappa shape index (κ3) is 5.14. The monoisotopic (exact) mass is 470 g/mol. The van der Waals surface area contributed by atoms with Gasteiger partial charge in [0.15, 0.2) is 5.82 Å². The lowest BCUT2D eigenvalue weighted by atomic mass is 10.2. The van der Waals surface area contributed by atoms with Crippen molar-refractivity contribution in [3.05, 3.63) is 36.3 Å². The fourth-order valence-electron chi connectivity index (χ4n) is 3.53. The number of nitrogens with one attached hydrogen (secondary N) is 2. The van der Waals surface area contributed by atoms with Gasteiger partial charge in [-0.15, -0.1) is 0 Å². The second-order valence-corrected chi connectivity index (χ2v) is 10.5. The molecule has 2 N–H and O–H groups in total. The number of rotatable bonds is 7. The van der Waals surface area contributed by atoms with Gasteiger partial charge in [-0.3, -0.25) is 4.72 Å². The van der Waals surface area contributed by atoms with Crippen LogP contribution in [-0.2, 0) is 10.0 Å². The van der Waals surface area contributed by atoms with Gasteiger partial charge in [-0.05, 0) is 45.0 Å². The van der Waals surface area contributed by atoms with Gasteiger partial charge in [0.1, 0.15) is 17.4 Å². The largest absolute Gasteiger partial charge is 0.338 e. The summed E-state index contributed by atoms with van der Waals surface area (Å²) in [5.74, 6) is 1.20. The summed E-state index contributed by atoms with van der Waals surface area (Å²) < 4.78 is 27.7. The highest BCUT2D eigenvalue weighted by Gasteiger charge is 2.20. The highest BCUT2D eigenvalue weighted by Crippen LogP contribution is 2.28. The molecule has 0 saturated carbocycles. The quantitative estimate of drug-likeness (QED) is 0.537. The molecule has 0 radical (unpaired) electrons. The zero-order chi connectivity index (χ0) is 23.6. The summed E-state index contributed by atoms with van der Waals surface area (Å²) in [6.45, 7) is 9.12. The number of hydrogen-bond acceptors (Lipinski definition) is 9. The van der Waals surface area contributed by atoms with Gasteiger partial charge in [0.05, 0.1) is 17.1 Å². The Balaban J connectivity index is 1.64. The van der Waals surface area contributed by atoms with Crippen molar-refractivity contribution in [2.24, 2.45) is 0 Å². The van der Waals surface area contributed by atoms with Crippen molar-refractivity contribution >= 4 is 44.2 Å². The number of aromatic nitrogens is 4. The first kappa shape index (κ1) is 23.1. The predicted octanol–water partition coefficient (Wildman–Crippen LogP) is 2.76. The summed E-state index contributed by atoms with van der Waals surface area (Å²) in [5.41, 5.74) is 3.43. The molecule has 2 aromatic heterocycles. The maximum absolute atomic E-state index is 12.5. The van der Waals surface area contributed by atoms with Crippen LogP contribution in [0.15, 0.2) is 30.7 Å².